The van der Waals surface area contributed by atoms with Gasteiger partial charge < -0.3 is 14.8 Å². The van der Waals surface area contributed by atoms with Gasteiger partial charge in [-0.2, -0.15) is 0 Å². The lowest BCUT2D eigenvalue weighted by molar-refractivity contribution is -0.120. The minimum atomic E-state index is -0.763. The Morgan fingerprint density at radius 1 is 1.15 bits per heavy atom. The van der Waals surface area contributed by atoms with Crippen LogP contribution in [-0.4, -0.2) is 28.5 Å². The van der Waals surface area contributed by atoms with E-state index in [1.807, 2.05) is 31.3 Å². The lowest BCUT2D eigenvalue weighted by atomic mass is 9.96. The number of carbonyl (C=O) groups is 1. The summed E-state index contributed by atoms with van der Waals surface area (Å²) >= 11 is 0. The molecule has 2 heterocycles. The lowest BCUT2D eigenvalue weighted by Crippen LogP contribution is -2.39. The predicted molar refractivity (Wildman–Crippen MR) is 101 cm³/mol. The molecule has 27 heavy (non-hydrogen) atoms. The molecule has 7 heteroatoms. The largest absolute Gasteiger partial charge is 0.342 e. The number of halogens is 2. The van der Waals surface area contributed by atoms with Crippen LogP contribution in [0.2, 0.25) is 0 Å². The predicted octanol–water partition coefficient (Wildman–Crippen LogP) is 3.71. The second-order valence-corrected chi connectivity index (χ2v) is 6.83. The van der Waals surface area contributed by atoms with Crippen LogP contribution >= 0.6 is 0 Å². The van der Waals surface area contributed by atoms with E-state index in [4.69, 9.17) is 4.98 Å². The summed E-state index contributed by atoms with van der Waals surface area (Å²) in [5.74, 6) is -0.980. The molecule has 1 aromatic heterocycles. The SMILES string of the molecule is Cn1c(N2CCC(C(=O)Nc3ccc(F)cc3F)CC2)nc2ccccc21. The first-order valence-electron chi connectivity index (χ1n) is 8.95. The molecule has 0 saturated carbocycles. The third-order valence-corrected chi connectivity index (χ3v) is 5.10. The molecular formula is C20H20F2N4O. The van der Waals surface area contributed by atoms with E-state index in [1.54, 1.807) is 0 Å². The number of carbonyl (C=O) groups excluding carboxylic acids is 1. The van der Waals surface area contributed by atoms with Gasteiger partial charge in [0, 0.05) is 32.1 Å². The number of imidazole rings is 1. The maximum absolute atomic E-state index is 13.7. The van der Waals surface area contributed by atoms with Gasteiger partial charge in [-0.05, 0) is 37.1 Å². The number of anilines is 2. The van der Waals surface area contributed by atoms with Gasteiger partial charge in [0.1, 0.15) is 11.6 Å². The van der Waals surface area contributed by atoms with Crippen molar-refractivity contribution in [2.45, 2.75) is 12.8 Å². The molecular weight excluding hydrogens is 350 g/mol. The highest BCUT2D eigenvalue weighted by molar-refractivity contribution is 5.92. The quantitative estimate of drug-likeness (QED) is 0.765. The molecule has 0 radical (unpaired) electrons. The Morgan fingerprint density at radius 3 is 2.59 bits per heavy atom. The fourth-order valence-corrected chi connectivity index (χ4v) is 3.58. The molecule has 1 fully saturated rings. The van der Waals surface area contributed by atoms with Crippen molar-refractivity contribution in [1.29, 1.82) is 0 Å². The highest BCUT2D eigenvalue weighted by Gasteiger charge is 2.27. The van der Waals surface area contributed by atoms with Gasteiger partial charge in [-0.15, -0.1) is 0 Å². The van der Waals surface area contributed by atoms with Crippen molar-refractivity contribution in [3.05, 3.63) is 54.1 Å². The average molecular weight is 370 g/mol. The molecule has 4 rings (SSSR count). The number of para-hydroxylation sites is 2. The Morgan fingerprint density at radius 2 is 1.89 bits per heavy atom. The standard InChI is InChI=1S/C20H20F2N4O/c1-25-18-5-3-2-4-17(18)24-20(25)26-10-8-13(9-11-26)19(27)23-16-7-6-14(21)12-15(16)22/h2-7,12-13H,8-11H2,1H3,(H,23,27). The zero-order chi connectivity index (χ0) is 19.0. The van der Waals surface area contributed by atoms with Crippen LogP contribution in [0.3, 0.4) is 0 Å². The fraction of sp³-hybridized carbons (Fsp3) is 0.300. The van der Waals surface area contributed by atoms with E-state index >= 15 is 0 Å². The van der Waals surface area contributed by atoms with Crippen LogP contribution in [0, 0.1) is 17.6 Å². The van der Waals surface area contributed by atoms with E-state index in [1.165, 1.54) is 6.07 Å². The minimum absolute atomic E-state index is 0.0131. The normalized spacial score (nSPS) is 15.3. The summed E-state index contributed by atoms with van der Waals surface area (Å²) in [6.07, 6.45) is 1.30. The lowest BCUT2D eigenvalue weighted by Gasteiger charge is -2.32. The molecule has 140 valence electrons. The topological polar surface area (TPSA) is 50.2 Å². The summed E-state index contributed by atoms with van der Waals surface area (Å²) in [7, 11) is 1.99. The van der Waals surface area contributed by atoms with Crippen molar-refractivity contribution < 1.29 is 13.6 Å². The average Bonchev–Trinajstić information content (AvgIpc) is 3.01. The summed E-state index contributed by atoms with van der Waals surface area (Å²) in [5, 5.41) is 2.57. The number of fused-ring (bicyclic) bond motifs is 1. The van der Waals surface area contributed by atoms with Gasteiger partial charge in [-0.1, -0.05) is 12.1 Å². The van der Waals surface area contributed by atoms with Crippen LogP contribution in [-0.2, 0) is 11.8 Å². The third-order valence-electron chi connectivity index (χ3n) is 5.10. The number of hydrogen-bond acceptors (Lipinski definition) is 3. The van der Waals surface area contributed by atoms with Crippen molar-refractivity contribution in [3.8, 4) is 0 Å². The van der Waals surface area contributed by atoms with Crippen molar-refractivity contribution in [3.63, 3.8) is 0 Å². The Hall–Kier alpha value is -2.96. The number of nitrogens with zero attached hydrogens (tertiary/aromatic N) is 3. The first kappa shape index (κ1) is 17.5. The van der Waals surface area contributed by atoms with Crippen molar-refractivity contribution >= 4 is 28.6 Å². The third kappa shape index (κ3) is 3.37. The molecule has 1 saturated heterocycles. The van der Waals surface area contributed by atoms with E-state index in [-0.39, 0.29) is 17.5 Å². The van der Waals surface area contributed by atoms with Gasteiger partial charge in [0.2, 0.25) is 11.9 Å². The number of aromatic nitrogens is 2. The van der Waals surface area contributed by atoms with Crippen LogP contribution in [0.25, 0.3) is 11.0 Å². The first-order chi connectivity index (χ1) is 13.0. The van der Waals surface area contributed by atoms with E-state index in [0.717, 1.165) is 29.1 Å². The number of benzene rings is 2. The van der Waals surface area contributed by atoms with Gasteiger partial charge in [-0.25, -0.2) is 13.8 Å². The van der Waals surface area contributed by atoms with Gasteiger partial charge >= 0.3 is 0 Å². The van der Waals surface area contributed by atoms with Crippen molar-refractivity contribution in [2.24, 2.45) is 13.0 Å². The van der Waals surface area contributed by atoms with Crippen molar-refractivity contribution in [1.82, 2.24) is 9.55 Å². The summed E-state index contributed by atoms with van der Waals surface area (Å²) in [5.41, 5.74) is 2.03. The van der Waals surface area contributed by atoms with E-state index in [9.17, 15) is 13.6 Å². The van der Waals surface area contributed by atoms with Crippen LogP contribution < -0.4 is 10.2 Å². The van der Waals surface area contributed by atoms with Gasteiger partial charge in [-0.3, -0.25) is 4.79 Å². The maximum atomic E-state index is 13.7. The van der Waals surface area contributed by atoms with Crippen LogP contribution in [0.5, 0.6) is 0 Å². The number of rotatable bonds is 3. The zero-order valence-corrected chi connectivity index (χ0v) is 15.0. The Bertz CT molecular complexity index is 993. The molecule has 1 N–H and O–H groups in total. The molecule has 2 aromatic carbocycles. The summed E-state index contributed by atoms with van der Waals surface area (Å²) in [4.78, 5) is 19.3. The Balaban J connectivity index is 1.42. The maximum Gasteiger partial charge on any atom is 0.227 e. The van der Waals surface area contributed by atoms with Gasteiger partial charge in [0.15, 0.2) is 0 Å². The number of piperidine rings is 1. The molecule has 0 bridgehead atoms. The zero-order valence-electron chi connectivity index (χ0n) is 15.0. The smallest absolute Gasteiger partial charge is 0.227 e. The number of amides is 1. The second-order valence-electron chi connectivity index (χ2n) is 6.83. The second kappa shape index (κ2) is 6.98. The molecule has 0 aliphatic carbocycles. The summed E-state index contributed by atoms with van der Waals surface area (Å²) < 4.78 is 28.8. The summed E-state index contributed by atoms with van der Waals surface area (Å²) in [6.45, 7) is 1.39. The minimum Gasteiger partial charge on any atom is -0.342 e. The Kier molecular flexibility index (Phi) is 4.51. The van der Waals surface area contributed by atoms with Crippen LogP contribution in [0.15, 0.2) is 42.5 Å². The van der Waals surface area contributed by atoms with Crippen LogP contribution in [0.4, 0.5) is 20.4 Å². The number of nitrogens with one attached hydrogen (secondary N) is 1. The molecule has 1 aliphatic heterocycles. The van der Waals surface area contributed by atoms with Gasteiger partial charge in [0.05, 0.1) is 16.7 Å². The van der Waals surface area contributed by atoms with Gasteiger partial charge in [0.25, 0.3) is 0 Å². The number of hydrogen-bond donors (Lipinski definition) is 1. The molecule has 3 aromatic rings. The highest BCUT2D eigenvalue weighted by atomic mass is 19.1. The molecule has 1 amide bonds. The molecule has 0 unspecified atom stereocenters. The molecule has 1 aliphatic rings. The monoisotopic (exact) mass is 370 g/mol. The fourth-order valence-electron chi connectivity index (χ4n) is 3.58. The molecule has 0 atom stereocenters. The van der Waals surface area contributed by atoms with E-state index in [2.05, 4.69) is 14.8 Å². The van der Waals surface area contributed by atoms with Crippen LogP contribution in [0.1, 0.15) is 12.8 Å². The first-order valence-corrected chi connectivity index (χ1v) is 8.95. The highest BCUT2D eigenvalue weighted by Crippen LogP contribution is 2.27. The summed E-state index contributed by atoms with van der Waals surface area (Å²) in [6, 6.07) is 11.1. The number of aryl methyl sites for hydroxylation is 1. The van der Waals surface area contributed by atoms with Crippen molar-refractivity contribution in [2.75, 3.05) is 23.3 Å². The Labute approximate surface area is 155 Å². The molecule has 0 spiro atoms. The molecule has 5 nitrogen and oxygen atoms in total. The van der Waals surface area contributed by atoms with E-state index in [0.29, 0.717) is 25.9 Å². The van der Waals surface area contributed by atoms with E-state index < -0.39 is 11.6 Å².